The molecule has 0 amide bonds. The molecule has 0 saturated heterocycles. The number of alkyl halides is 1. The summed E-state index contributed by atoms with van der Waals surface area (Å²) in [4.78, 5) is 0.616. The van der Waals surface area contributed by atoms with Crippen molar-refractivity contribution in [3.05, 3.63) is 0 Å². The van der Waals surface area contributed by atoms with Gasteiger partial charge < -0.3 is 4.74 Å². The highest BCUT2D eigenvalue weighted by Gasteiger charge is 2.28. The van der Waals surface area contributed by atoms with Gasteiger partial charge >= 0.3 is 0 Å². The maximum atomic E-state index is 6.25. The summed E-state index contributed by atoms with van der Waals surface area (Å²) >= 11 is 3.77. The normalized spacial score (nSPS) is 42.8. The van der Waals surface area contributed by atoms with Gasteiger partial charge in [-0.15, -0.1) is 0 Å². The molecule has 0 aliphatic heterocycles. The van der Waals surface area contributed by atoms with Crippen LogP contribution in [0.5, 0.6) is 0 Å². The van der Waals surface area contributed by atoms with Crippen LogP contribution in [0.15, 0.2) is 0 Å². The van der Waals surface area contributed by atoms with Crippen molar-refractivity contribution in [3.8, 4) is 0 Å². The minimum absolute atomic E-state index is 0.497. The third-order valence-electron chi connectivity index (χ3n) is 3.95. The first kappa shape index (κ1) is 11.9. The van der Waals surface area contributed by atoms with Crippen molar-refractivity contribution in [2.45, 2.75) is 75.3 Å². The van der Waals surface area contributed by atoms with Crippen molar-refractivity contribution in [3.63, 3.8) is 0 Å². The summed E-state index contributed by atoms with van der Waals surface area (Å²) in [5, 5.41) is 0. The highest BCUT2D eigenvalue weighted by molar-refractivity contribution is 9.09. The van der Waals surface area contributed by atoms with E-state index in [4.69, 9.17) is 4.74 Å². The molecule has 2 unspecified atom stereocenters. The first-order valence-electron chi connectivity index (χ1n) is 6.55. The van der Waals surface area contributed by atoms with E-state index in [2.05, 4.69) is 22.9 Å². The molecule has 2 aliphatic rings. The fourth-order valence-electron chi connectivity index (χ4n) is 2.82. The molecule has 2 fully saturated rings. The molecule has 1 nitrogen and oxygen atoms in total. The Labute approximate surface area is 102 Å². The Hall–Kier alpha value is 0.440. The molecule has 15 heavy (non-hydrogen) atoms. The summed E-state index contributed by atoms with van der Waals surface area (Å²) in [5.41, 5.74) is 0. The third kappa shape index (κ3) is 3.45. The number of rotatable bonds is 2. The molecular weight excluding hydrogens is 252 g/mol. The molecular formula is C13H23BrO. The standard InChI is InChI=1S/C13H23BrO/c1-10-6-8-11(9-7-10)15-13-5-3-2-4-12(13)14/h10-13H,2-9H2,1H3. The van der Waals surface area contributed by atoms with Gasteiger partial charge in [0.15, 0.2) is 0 Å². The van der Waals surface area contributed by atoms with Gasteiger partial charge in [-0.2, -0.15) is 0 Å². The van der Waals surface area contributed by atoms with E-state index in [9.17, 15) is 0 Å². The molecule has 2 saturated carbocycles. The monoisotopic (exact) mass is 274 g/mol. The van der Waals surface area contributed by atoms with Gasteiger partial charge in [0.2, 0.25) is 0 Å². The van der Waals surface area contributed by atoms with Crippen LogP contribution >= 0.6 is 15.9 Å². The molecule has 88 valence electrons. The lowest BCUT2D eigenvalue weighted by Crippen LogP contribution is -2.33. The SMILES string of the molecule is CC1CCC(OC2CCCCC2Br)CC1. The zero-order chi connectivity index (χ0) is 10.7. The molecule has 2 atom stereocenters. The molecule has 0 N–H and O–H groups in total. The van der Waals surface area contributed by atoms with Crippen LogP contribution in [0.1, 0.15) is 58.3 Å². The molecule has 0 aromatic heterocycles. The minimum atomic E-state index is 0.497. The van der Waals surface area contributed by atoms with Crippen LogP contribution in [0.3, 0.4) is 0 Å². The van der Waals surface area contributed by atoms with Crippen LogP contribution in [0.2, 0.25) is 0 Å². The van der Waals surface area contributed by atoms with E-state index in [1.807, 2.05) is 0 Å². The van der Waals surface area contributed by atoms with Gasteiger partial charge in [0.25, 0.3) is 0 Å². The summed E-state index contributed by atoms with van der Waals surface area (Å²) in [5.74, 6) is 0.927. The highest BCUT2D eigenvalue weighted by Crippen LogP contribution is 2.32. The largest absolute Gasteiger partial charge is 0.374 e. The fraction of sp³-hybridized carbons (Fsp3) is 1.00. The molecule has 2 rings (SSSR count). The van der Waals surface area contributed by atoms with Crippen molar-refractivity contribution < 1.29 is 4.74 Å². The first-order valence-corrected chi connectivity index (χ1v) is 7.47. The van der Waals surface area contributed by atoms with Crippen LogP contribution in [0.25, 0.3) is 0 Å². The lowest BCUT2D eigenvalue weighted by molar-refractivity contribution is -0.0458. The van der Waals surface area contributed by atoms with Gasteiger partial charge in [0, 0.05) is 4.83 Å². The molecule has 0 spiro atoms. The van der Waals surface area contributed by atoms with Gasteiger partial charge in [-0.25, -0.2) is 0 Å². The van der Waals surface area contributed by atoms with Crippen LogP contribution in [0.4, 0.5) is 0 Å². The quantitative estimate of drug-likeness (QED) is 0.683. The van der Waals surface area contributed by atoms with E-state index in [0.717, 1.165) is 5.92 Å². The fourth-order valence-corrected chi connectivity index (χ4v) is 3.53. The predicted molar refractivity (Wildman–Crippen MR) is 67.5 cm³/mol. The molecule has 0 radical (unpaired) electrons. The predicted octanol–water partition coefficient (Wildman–Crippen LogP) is 4.29. The van der Waals surface area contributed by atoms with E-state index < -0.39 is 0 Å². The highest BCUT2D eigenvalue weighted by atomic mass is 79.9. The second-order valence-corrected chi connectivity index (χ2v) is 6.53. The van der Waals surface area contributed by atoms with Crippen molar-refractivity contribution in [1.29, 1.82) is 0 Å². The smallest absolute Gasteiger partial charge is 0.0703 e. The lowest BCUT2D eigenvalue weighted by atomic mass is 9.88. The van der Waals surface area contributed by atoms with Crippen molar-refractivity contribution in [2.75, 3.05) is 0 Å². The zero-order valence-corrected chi connectivity index (χ0v) is 11.3. The third-order valence-corrected chi connectivity index (χ3v) is 5.00. The van der Waals surface area contributed by atoms with Crippen LogP contribution in [-0.4, -0.2) is 17.0 Å². The molecule has 2 heteroatoms. The number of hydrogen-bond acceptors (Lipinski definition) is 1. The van der Waals surface area contributed by atoms with E-state index in [0.29, 0.717) is 17.0 Å². The summed E-state index contributed by atoms with van der Waals surface area (Å²) in [6.07, 6.45) is 11.7. The van der Waals surface area contributed by atoms with Crippen LogP contribution < -0.4 is 0 Å². The summed E-state index contributed by atoms with van der Waals surface area (Å²) in [6, 6.07) is 0. The number of ether oxygens (including phenoxy) is 1. The summed E-state index contributed by atoms with van der Waals surface area (Å²) in [7, 11) is 0. The van der Waals surface area contributed by atoms with E-state index in [-0.39, 0.29) is 0 Å². The molecule has 0 heterocycles. The van der Waals surface area contributed by atoms with E-state index >= 15 is 0 Å². The molecule has 2 aliphatic carbocycles. The zero-order valence-electron chi connectivity index (χ0n) is 9.75. The molecule has 0 aromatic carbocycles. The summed E-state index contributed by atoms with van der Waals surface area (Å²) in [6.45, 7) is 2.37. The van der Waals surface area contributed by atoms with Crippen LogP contribution in [-0.2, 0) is 4.74 Å². The second-order valence-electron chi connectivity index (χ2n) is 5.36. The first-order chi connectivity index (χ1) is 7.25. The van der Waals surface area contributed by atoms with Crippen molar-refractivity contribution in [1.82, 2.24) is 0 Å². The second kappa shape index (κ2) is 5.67. The Bertz CT molecular complexity index is 187. The number of hydrogen-bond donors (Lipinski definition) is 0. The maximum Gasteiger partial charge on any atom is 0.0703 e. The Balaban J connectivity index is 1.75. The van der Waals surface area contributed by atoms with Gasteiger partial charge in [0.05, 0.1) is 12.2 Å². The summed E-state index contributed by atoms with van der Waals surface area (Å²) < 4.78 is 6.25. The Morgan fingerprint density at radius 3 is 2.27 bits per heavy atom. The van der Waals surface area contributed by atoms with Crippen molar-refractivity contribution >= 4 is 15.9 Å². The number of halogens is 1. The molecule has 0 aromatic rings. The minimum Gasteiger partial charge on any atom is -0.374 e. The van der Waals surface area contributed by atoms with Crippen LogP contribution in [0, 0.1) is 5.92 Å². The van der Waals surface area contributed by atoms with E-state index in [1.54, 1.807) is 0 Å². The van der Waals surface area contributed by atoms with Gasteiger partial charge in [-0.05, 0) is 44.4 Å². The molecule has 0 bridgehead atoms. The maximum absolute atomic E-state index is 6.25. The topological polar surface area (TPSA) is 9.23 Å². The van der Waals surface area contributed by atoms with Gasteiger partial charge in [0.1, 0.15) is 0 Å². The average Bonchev–Trinajstić information content (AvgIpc) is 2.25. The van der Waals surface area contributed by atoms with E-state index in [1.165, 1.54) is 51.4 Å². The Kier molecular flexibility index (Phi) is 4.51. The Morgan fingerprint density at radius 2 is 1.60 bits per heavy atom. The van der Waals surface area contributed by atoms with Crippen molar-refractivity contribution in [2.24, 2.45) is 5.92 Å². The van der Waals surface area contributed by atoms with Gasteiger partial charge in [-0.1, -0.05) is 35.7 Å². The average molecular weight is 275 g/mol. The van der Waals surface area contributed by atoms with Gasteiger partial charge in [-0.3, -0.25) is 0 Å². The Morgan fingerprint density at radius 1 is 0.933 bits per heavy atom. The lowest BCUT2D eigenvalue weighted by Gasteiger charge is -2.34.